The Balaban J connectivity index is 2.07. The summed E-state index contributed by atoms with van der Waals surface area (Å²) in [6, 6.07) is 0. The highest BCUT2D eigenvalue weighted by molar-refractivity contribution is 8.00. The Hall–Kier alpha value is -0.750. The molecule has 92 valence electrons. The van der Waals surface area contributed by atoms with E-state index in [2.05, 4.69) is 26.4 Å². The second-order valence-corrected chi connectivity index (χ2v) is 6.38. The van der Waals surface area contributed by atoms with Gasteiger partial charge in [-0.1, -0.05) is 0 Å². The maximum absolute atomic E-state index is 5.42. The van der Waals surface area contributed by atoms with Crippen molar-refractivity contribution in [3.05, 3.63) is 10.5 Å². The van der Waals surface area contributed by atoms with Gasteiger partial charge in [-0.25, -0.2) is 0 Å². The Labute approximate surface area is 109 Å². The van der Waals surface area contributed by atoms with Crippen molar-refractivity contribution < 1.29 is 0 Å². The number of imidazole rings is 1. The second-order valence-electron chi connectivity index (χ2n) is 4.58. The SMILES string of the molecule is Cc1nn(C)c2c1[nH]c(=S)n2CC1CCCS1. The highest BCUT2D eigenvalue weighted by Crippen LogP contribution is 2.29. The third-order valence-electron chi connectivity index (χ3n) is 3.33. The molecule has 2 aromatic rings. The van der Waals surface area contributed by atoms with Crippen LogP contribution in [0.4, 0.5) is 0 Å². The summed E-state index contributed by atoms with van der Waals surface area (Å²) < 4.78 is 4.95. The van der Waals surface area contributed by atoms with Gasteiger partial charge in [-0.05, 0) is 37.7 Å². The lowest BCUT2D eigenvalue weighted by molar-refractivity contribution is 0.624. The zero-order valence-corrected chi connectivity index (χ0v) is 11.7. The molecule has 0 radical (unpaired) electrons. The molecule has 1 atom stereocenters. The van der Waals surface area contributed by atoms with Gasteiger partial charge in [-0.15, -0.1) is 0 Å². The van der Waals surface area contributed by atoms with Crippen LogP contribution in [-0.2, 0) is 13.6 Å². The topological polar surface area (TPSA) is 38.5 Å². The van der Waals surface area contributed by atoms with Crippen LogP contribution >= 0.6 is 24.0 Å². The van der Waals surface area contributed by atoms with Gasteiger partial charge in [0.05, 0.1) is 5.69 Å². The number of thioether (sulfide) groups is 1. The predicted octanol–water partition coefficient (Wildman–Crippen LogP) is 2.64. The summed E-state index contributed by atoms with van der Waals surface area (Å²) >= 11 is 7.48. The third-order valence-corrected chi connectivity index (χ3v) is 5.04. The van der Waals surface area contributed by atoms with Crippen LogP contribution in [0.15, 0.2) is 0 Å². The van der Waals surface area contributed by atoms with Crippen LogP contribution in [0.1, 0.15) is 18.5 Å². The van der Waals surface area contributed by atoms with E-state index >= 15 is 0 Å². The van der Waals surface area contributed by atoms with Crippen molar-refractivity contribution in [1.29, 1.82) is 0 Å². The van der Waals surface area contributed by atoms with Crippen LogP contribution in [0, 0.1) is 11.7 Å². The molecule has 1 aliphatic rings. The van der Waals surface area contributed by atoms with Crippen LogP contribution < -0.4 is 0 Å². The van der Waals surface area contributed by atoms with Gasteiger partial charge in [-0.3, -0.25) is 4.68 Å². The molecule has 1 N–H and O–H groups in total. The monoisotopic (exact) mass is 268 g/mol. The Kier molecular flexibility index (Phi) is 2.78. The van der Waals surface area contributed by atoms with E-state index in [1.165, 1.54) is 18.6 Å². The van der Waals surface area contributed by atoms with Crippen molar-refractivity contribution in [2.75, 3.05) is 5.75 Å². The summed E-state index contributed by atoms with van der Waals surface area (Å²) in [5, 5.41) is 5.14. The van der Waals surface area contributed by atoms with Crippen molar-refractivity contribution >= 4 is 35.1 Å². The molecule has 0 aliphatic carbocycles. The first kappa shape index (κ1) is 11.3. The molecule has 4 nitrogen and oxygen atoms in total. The summed E-state index contributed by atoms with van der Waals surface area (Å²) in [5.74, 6) is 1.29. The first-order valence-electron chi connectivity index (χ1n) is 5.90. The van der Waals surface area contributed by atoms with E-state index < -0.39 is 0 Å². The highest BCUT2D eigenvalue weighted by atomic mass is 32.2. The zero-order valence-electron chi connectivity index (χ0n) is 10.1. The molecule has 1 saturated heterocycles. The molecule has 1 fully saturated rings. The number of nitrogens with zero attached hydrogens (tertiary/aromatic N) is 3. The van der Waals surface area contributed by atoms with Crippen molar-refractivity contribution in [1.82, 2.24) is 19.3 Å². The van der Waals surface area contributed by atoms with Gasteiger partial charge in [0.25, 0.3) is 0 Å². The average Bonchev–Trinajstić information content (AvgIpc) is 2.93. The van der Waals surface area contributed by atoms with E-state index in [0.717, 1.165) is 28.2 Å². The molecule has 0 aromatic carbocycles. The number of aromatic nitrogens is 4. The fraction of sp³-hybridized carbons (Fsp3) is 0.636. The summed E-state index contributed by atoms with van der Waals surface area (Å²) in [6.45, 7) is 3.02. The molecule has 1 aliphatic heterocycles. The molecule has 1 unspecified atom stereocenters. The number of nitrogens with one attached hydrogen (secondary N) is 1. The van der Waals surface area contributed by atoms with Crippen LogP contribution in [0.25, 0.3) is 11.2 Å². The van der Waals surface area contributed by atoms with Gasteiger partial charge < -0.3 is 9.55 Å². The molecule has 0 spiro atoms. The van der Waals surface area contributed by atoms with Crippen molar-refractivity contribution in [2.45, 2.75) is 31.6 Å². The van der Waals surface area contributed by atoms with Gasteiger partial charge in [0.2, 0.25) is 0 Å². The summed E-state index contributed by atoms with van der Waals surface area (Å²) in [4.78, 5) is 3.28. The smallest absolute Gasteiger partial charge is 0.179 e. The van der Waals surface area contributed by atoms with Gasteiger partial charge in [-0.2, -0.15) is 16.9 Å². The minimum Gasteiger partial charge on any atom is -0.328 e. The minimum absolute atomic E-state index is 0.705. The largest absolute Gasteiger partial charge is 0.328 e. The van der Waals surface area contributed by atoms with Crippen LogP contribution in [0.3, 0.4) is 0 Å². The van der Waals surface area contributed by atoms with E-state index in [9.17, 15) is 0 Å². The quantitative estimate of drug-likeness (QED) is 0.851. The van der Waals surface area contributed by atoms with Gasteiger partial charge in [0.15, 0.2) is 10.4 Å². The first-order valence-corrected chi connectivity index (χ1v) is 7.36. The number of aromatic amines is 1. The fourth-order valence-electron chi connectivity index (χ4n) is 2.53. The molecular weight excluding hydrogens is 252 g/mol. The van der Waals surface area contributed by atoms with Crippen molar-refractivity contribution in [3.8, 4) is 0 Å². The first-order chi connectivity index (χ1) is 8.16. The number of aryl methyl sites for hydroxylation is 2. The number of rotatable bonds is 2. The van der Waals surface area contributed by atoms with Crippen LogP contribution in [0.5, 0.6) is 0 Å². The molecule has 17 heavy (non-hydrogen) atoms. The maximum atomic E-state index is 5.42. The molecule has 3 heterocycles. The Morgan fingerprint density at radius 3 is 3.12 bits per heavy atom. The molecular formula is C11H16N4S2. The Morgan fingerprint density at radius 2 is 2.41 bits per heavy atom. The van der Waals surface area contributed by atoms with E-state index in [1.807, 2.05) is 18.7 Å². The molecule has 6 heteroatoms. The summed E-state index contributed by atoms with van der Waals surface area (Å²) in [6.07, 6.45) is 2.64. The molecule has 3 rings (SSSR count). The van der Waals surface area contributed by atoms with E-state index in [4.69, 9.17) is 12.2 Å². The van der Waals surface area contributed by atoms with Crippen molar-refractivity contribution in [2.24, 2.45) is 7.05 Å². The molecule has 0 saturated carbocycles. The van der Waals surface area contributed by atoms with Gasteiger partial charge in [0.1, 0.15) is 5.52 Å². The average molecular weight is 268 g/mol. The predicted molar refractivity (Wildman–Crippen MR) is 74.1 cm³/mol. The fourth-order valence-corrected chi connectivity index (χ4v) is 4.05. The number of hydrogen-bond donors (Lipinski definition) is 1. The van der Waals surface area contributed by atoms with Crippen LogP contribution in [0.2, 0.25) is 0 Å². The molecule has 0 amide bonds. The van der Waals surface area contributed by atoms with Crippen molar-refractivity contribution in [3.63, 3.8) is 0 Å². The summed E-state index contributed by atoms with van der Waals surface area (Å²) in [7, 11) is 1.98. The lowest BCUT2D eigenvalue weighted by Crippen LogP contribution is -2.11. The number of H-pyrrole nitrogens is 1. The lowest BCUT2D eigenvalue weighted by atomic mass is 10.2. The van der Waals surface area contributed by atoms with Gasteiger partial charge >= 0.3 is 0 Å². The third kappa shape index (κ3) is 1.83. The molecule has 0 bridgehead atoms. The van der Waals surface area contributed by atoms with Gasteiger partial charge in [0, 0.05) is 18.8 Å². The lowest BCUT2D eigenvalue weighted by Gasteiger charge is -2.10. The number of hydrogen-bond acceptors (Lipinski definition) is 3. The Bertz CT molecular complexity index is 601. The highest BCUT2D eigenvalue weighted by Gasteiger charge is 2.19. The Morgan fingerprint density at radius 1 is 1.59 bits per heavy atom. The number of fused-ring (bicyclic) bond motifs is 1. The molecule has 2 aromatic heterocycles. The zero-order chi connectivity index (χ0) is 12.0. The maximum Gasteiger partial charge on any atom is 0.179 e. The second kappa shape index (κ2) is 4.17. The minimum atomic E-state index is 0.705. The van der Waals surface area contributed by atoms with E-state index in [0.29, 0.717) is 5.25 Å². The summed E-state index contributed by atoms with van der Waals surface area (Å²) in [5.41, 5.74) is 3.23. The standard InChI is InChI=1S/C11H16N4S2/c1-7-9-10(14(2)13-7)15(11(16)12-9)6-8-4-3-5-17-8/h8H,3-6H2,1-2H3,(H,12,16). The van der Waals surface area contributed by atoms with E-state index in [-0.39, 0.29) is 0 Å². The van der Waals surface area contributed by atoms with E-state index in [1.54, 1.807) is 0 Å². The van der Waals surface area contributed by atoms with Crippen LogP contribution in [-0.4, -0.2) is 30.3 Å². The normalized spacial score (nSPS) is 20.5.